The minimum atomic E-state index is 0.00755. The minimum absolute atomic E-state index is 0.00755. The highest BCUT2D eigenvalue weighted by atomic mass is 16.1. The molecule has 2 N–H and O–H groups in total. The Kier molecular flexibility index (Phi) is 6.56. The summed E-state index contributed by atoms with van der Waals surface area (Å²) in [6.07, 6.45) is 2.17. The Balaban J connectivity index is 2.82. The number of benzene rings is 1. The van der Waals surface area contributed by atoms with E-state index in [0.29, 0.717) is 12.0 Å². The number of carbonyl (C=O) groups excluding carboxylic acids is 1. The molecule has 0 aliphatic carbocycles. The van der Waals surface area contributed by atoms with E-state index in [2.05, 4.69) is 45.3 Å². The van der Waals surface area contributed by atoms with Crippen molar-refractivity contribution in [2.45, 2.75) is 59.5 Å². The summed E-state index contributed by atoms with van der Waals surface area (Å²) in [6, 6.07) is 8.19. The summed E-state index contributed by atoms with van der Waals surface area (Å²) in [5.41, 5.74) is 1.62. The maximum Gasteiger partial charge on any atom is 0.253 e. The first-order chi connectivity index (χ1) is 9.49. The standard InChI is InChI=1S/C17H28N2O/c1-6-14(7-2)13(5)19-17(20)15-10-8-9-11-16(15)18-12(3)4/h8-14,18H,6-7H2,1-5H3,(H,19,20). The van der Waals surface area contributed by atoms with E-state index in [1.807, 2.05) is 24.3 Å². The highest BCUT2D eigenvalue weighted by Gasteiger charge is 2.18. The molecule has 20 heavy (non-hydrogen) atoms. The van der Waals surface area contributed by atoms with Crippen molar-refractivity contribution >= 4 is 11.6 Å². The molecule has 0 heterocycles. The minimum Gasteiger partial charge on any atom is -0.382 e. The predicted octanol–water partition coefficient (Wildman–Crippen LogP) is 4.06. The molecule has 1 amide bonds. The van der Waals surface area contributed by atoms with E-state index < -0.39 is 0 Å². The van der Waals surface area contributed by atoms with Crippen molar-refractivity contribution in [3.8, 4) is 0 Å². The van der Waals surface area contributed by atoms with Gasteiger partial charge in [0.1, 0.15) is 0 Å². The molecule has 0 aliphatic rings. The van der Waals surface area contributed by atoms with Crippen LogP contribution in [0.5, 0.6) is 0 Å². The van der Waals surface area contributed by atoms with Crippen LogP contribution in [-0.2, 0) is 0 Å². The summed E-state index contributed by atoms with van der Waals surface area (Å²) in [4.78, 5) is 12.4. The monoisotopic (exact) mass is 276 g/mol. The van der Waals surface area contributed by atoms with Gasteiger partial charge in [-0.3, -0.25) is 4.79 Å². The Morgan fingerprint density at radius 1 is 1.10 bits per heavy atom. The normalized spacial score (nSPS) is 12.6. The molecule has 0 saturated heterocycles. The van der Waals surface area contributed by atoms with Crippen molar-refractivity contribution in [1.82, 2.24) is 5.32 Å². The molecule has 3 heteroatoms. The average Bonchev–Trinajstić information content (AvgIpc) is 2.39. The van der Waals surface area contributed by atoms with Gasteiger partial charge in [0.15, 0.2) is 0 Å². The highest BCUT2D eigenvalue weighted by Crippen LogP contribution is 2.18. The third-order valence-electron chi connectivity index (χ3n) is 3.73. The van der Waals surface area contributed by atoms with Crippen LogP contribution in [0, 0.1) is 5.92 Å². The van der Waals surface area contributed by atoms with E-state index in [9.17, 15) is 4.79 Å². The third-order valence-corrected chi connectivity index (χ3v) is 3.73. The van der Waals surface area contributed by atoms with E-state index in [1.54, 1.807) is 0 Å². The maximum absolute atomic E-state index is 12.4. The molecule has 0 radical (unpaired) electrons. The summed E-state index contributed by atoms with van der Waals surface area (Å²) in [5.74, 6) is 0.539. The van der Waals surface area contributed by atoms with Crippen LogP contribution < -0.4 is 10.6 Å². The molecule has 1 rings (SSSR count). The number of carbonyl (C=O) groups is 1. The molecule has 1 unspecified atom stereocenters. The van der Waals surface area contributed by atoms with Gasteiger partial charge in [-0.1, -0.05) is 38.8 Å². The molecule has 0 spiro atoms. The zero-order valence-corrected chi connectivity index (χ0v) is 13.4. The van der Waals surface area contributed by atoms with Gasteiger partial charge in [-0.15, -0.1) is 0 Å². The predicted molar refractivity (Wildman–Crippen MR) is 86.2 cm³/mol. The van der Waals surface area contributed by atoms with Gasteiger partial charge in [0, 0.05) is 17.8 Å². The zero-order valence-electron chi connectivity index (χ0n) is 13.4. The third kappa shape index (κ3) is 4.55. The first kappa shape index (κ1) is 16.5. The van der Waals surface area contributed by atoms with Gasteiger partial charge >= 0.3 is 0 Å². The lowest BCUT2D eigenvalue weighted by atomic mass is 9.95. The van der Waals surface area contributed by atoms with E-state index in [0.717, 1.165) is 24.1 Å². The van der Waals surface area contributed by atoms with Crippen LogP contribution in [-0.4, -0.2) is 18.0 Å². The molecule has 0 aliphatic heterocycles. The van der Waals surface area contributed by atoms with Crippen molar-refractivity contribution in [3.63, 3.8) is 0 Å². The van der Waals surface area contributed by atoms with E-state index in [4.69, 9.17) is 0 Å². The number of hydrogen-bond donors (Lipinski definition) is 2. The molecule has 1 aromatic carbocycles. The first-order valence-electron chi connectivity index (χ1n) is 7.65. The maximum atomic E-state index is 12.4. The molecule has 0 aromatic heterocycles. The van der Waals surface area contributed by atoms with Crippen molar-refractivity contribution in [1.29, 1.82) is 0 Å². The molecular weight excluding hydrogens is 248 g/mol. The van der Waals surface area contributed by atoms with Gasteiger partial charge in [0.05, 0.1) is 5.56 Å². The van der Waals surface area contributed by atoms with Crippen LogP contribution in [0.4, 0.5) is 5.69 Å². The Bertz CT molecular complexity index is 425. The fourth-order valence-corrected chi connectivity index (χ4v) is 2.52. The second-order valence-electron chi connectivity index (χ2n) is 5.68. The van der Waals surface area contributed by atoms with E-state index in [1.165, 1.54) is 0 Å². The van der Waals surface area contributed by atoms with Gasteiger partial charge in [-0.2, -0.15) is 0 Å². The number of nitrogens with one attached hydrogen (secondary N) is 2. The average molecular weight is 276 g/mol. The van der Waals surface area contributed by atoms with Gasteiger partial charge < -0.3 is 10.6 Å². The van der Waals surface area contributed by atoms with Gasteiger partial charge in [0.2, 0.25) is 0 Å². The summed E-state index contributed by atoms with van der Waals surface area (Å²) in [7, 11) is 0. The van der Waals surface area contributed by atoms with Crippen LogP contribution in [0.15, 0.2) is 24.3 Å². The number of para-hydroxylation sites is 1. The van der Waals surface area contributed by atoms with E-state index >= 15 is 0 Å². The largest absolute Gasteiger partial charge is 0.382 e. The van der Waals surface area contributed by atoms with Crippen molar-refractivity contribution < 1.29 is 4.79 Å². The SMILES string of the molecule is CCC(CC)C(C)NC(=O)c1ccccc1NC(C)C. The lowest BCUT2D eigenvalue weighted by molar-refractivity contribution is 0.0926. The number of anilines is 1. The Labute approximate surface area is 123 Å². The second-order valence-corrected chi connectivity index (χ2v) is 5.68. The Morgan fingerprint density at radius 2 is 1.70 bits per heavy atom. The molecule has 0 saturated carbocycles. The Hall–Kier alpha value is -1.51. The second kappa shape index (κ2) is 7.93. The Morgan fingerprint density at radius 3 is 2.25 bits per heavy atom. The smallest absolute Gasteiger partial charge is 0.253 e. The number of hydrogen-bond acceptors (Lipinski definition) is 2. The highest BCUT2D eigenvalue weighted by molar-refractivity contribution is 5.99. The van der Waals surface area contributed by atoms with Crippen LogP contribution in [0.3, 0.4) is 0 Å². The van der Waals surface area contributed by atoms with Gasteiger partial charge in [-0.05, 0) is 38.8 Å². The molecule has 1 atom stereocenters. The number of rotatable bonds is 7. The molecule has 3 nitrogen and oxygen atoms in total. The quantitative estimate of drug-likeness (QED) is 0.788. The fourth-order valence-electron chi connectivity index (χ4n) is 2.52. The molecule has 1 aromatic rings. The summed E-state index contributed by atoms with van der Waals surface area (Å²) in [5, 5.41) is 6.46. The zero-order chi connectivity index (χ0) is 15.1. The van der Waals surface area contributed by atoms with Gasteiger partial charge in [0.25, 0.3) is 5.91 Å². The van der Waals surface area contributed by atoms with E-state index in [-0.39, 0.29) is 11.9 Å². The van der Waals surface area contributed by atoms with Crippen LogP contribution in [0.1, 0.15) is 57.8 Å². The van der Waals surface area contributed by atoms with Gasteiger partial charge in [-0.25, -0.2) is 0 Å². The van der Waals surface area contributed by atoms with Crippen molar-refractivity contribution in [2.24, 2.45) is 5.92 Å². The van der Waals surface area contributed by atoms with Crippen LogP contribution in [0.25, 0.3) is 0 Å². The molecule has 0 fully saturated rings. The van der Waals surface area contributed by atoms with Crippen LogP contribution in [0.2, 0.25) is 0 Å². The lowest BCUT2D eigenvalue weighted by Crippen LogP contribution is -2.38. The topological polar surface area (TPSA) is 41.1 Å². The molecule has 0 bridgehead atoms. The van der Waals surface area contributed by atoms with Crippen molar-refractivity contribution in [2.75, 3.05) is 5.32 Å². The first-order valence-corrected chi connectivity index (χ1v) is 7.65. The van der Waals surface area contributed by atoms with Crippen molar-refractivity contribution in [3.05, 3.63) is 29.8 Å². The molecule has 112 valence electrons. The summed E-state index contributed by atoms with van der Waals surface area (Å²) < 4.78 is 0. The lowest BCUT2D eigenvalue weighted by Gasteiger charge is -2.23. The summed E-state index contributed by atoms with van der Waals surface area (Å²) in [6.45, 7) is 10.6. The number of amides is 1. The van der Waals surface area contributed by atoms with Crippen LogP contribution >= 0.6 is 0 Å². The summed E-state index contributed by atoms with van der Waals surface area (Å²) >= 11 is 0. The molecular formula is C17H28N2O. The fraction of sp³-hybridized carbons (Fsp3) is 0.588.